The predicted molar refractivity (Wildman–Crippen MR) is 98.1 cm³/mol. The Hall–Kier alpha value is -2.94. The number of aromatic nitrogens is 6. The molecule has 0 bridgehead atoms. The van der Waals surface area contributed by atoms with Crippen molar-refractivity contribution in [1.82, 2.24) is 29.9 Å². The van der Waals surface area contributed by atoms with Gasteiger partial charge in [-0.15, -0.1) is 0 Å². The number of benzene rings is 1. The Morgan fingerprint density at radius 1 is 1.23 bits per heavy atom. The van der Waals surface area contributed by atoms with Gasteiger partial charge in [-0.3, -0.25) is 5.10 Å². The number of hydrogen-bond donors (Lipinski definition) is 2. The predicted octanol–water partition coefficient (Wildman–Crippen LogP) is 3.91. The lowest BCUT2D eigenvalue weighted by molar-refractivity contribution is 0.626. The Labute approximate surface area is 153 Å². The van der Waals surface area contributed by atoms with Crippen LogP contribution in [0.15, 0.2) is 46.6 Å². The standard InChI is InChI=1S/C17H16FN7S/c1-3-25-16-13(9-19-25)15(20-14-8-10(2)23-24-14)21-17(22-16)26-12-6-4-11(18)5-7-12/h4-9H,3H2,1-2H3,(H2,20,21,22,23,24). The highest BCUT2D eigenvalue weighted by atomic mass is 32.2. The summed E-state index contributed by atoms with van der Waals surface area (Å²) in [6, 6.07) is 8.14. The van der Waals surface area contributed by atoms with Gasteiger partial charge in [0.15, 0.2) is 16.6 Å². The normalized spacial score (nSPS) is 11.2. The molecular formula is C17H16FN7S. The van der Waals surface area contributed by atoms with Gasteiger partial charge in [-0.2, -0.15) is 10.2 Å². The molecule has 7 nitrogen and oxygen atoms in total. The van der Waals surface area contributed by atoms with Crippen LogP contribution in [0.5, 0.6) is 0 Å². The number of rotatable bonds is 5. The van der Waals surface area contributed by atoms with Gasteiger partial charge >= 0.3 is 0 Å². The molecule has 0 amide bonds. The summed E-state index contributed by atoms with van der Waals surface area (Å²) in [5.74, 6) is 1.03. The quantitative estimate of drug-likeness (QED) is 0.519. The maximum atomic E-state index is 13.1. The monoisotopic (exact) mass is 369 g/mol. The molecule has 4 aromatic rings. The molecule has 0 aliphatic rings. The summed E-state index contributed by atoms with van der Waals surface area (Å²) in [5, 5.41) is 16.0. The molecule has 26 heavy (non-hydrogen) atoms. The molecule has 132 valence electrons. The molecule has 3 aromatic heterocycles. The van der Waals surface area contributed by atoms with Gasteiger partial charge in [0.05, 0.1) is 11.6 Å². The fourth-order valence-electron chi connectivity index (χ4n) is 2.52. The van der Waals surface area contributed by atoms with E-state index in [0.717, 1.165) is 21.6 Å². The van der Waals surface area contributed by atoms with Crippen LogP contribution in [0, 0.1) is 12.7 Å². The molecule has 0 atom stereocenters. The third-order valence-electron chi connectivity index (χ3n) is 3.75. The molecule has 2 N–H and O–H groups in total. The molecule has 0 aliphatic carbocycles. The topological polar surface area (TPSA) is 84.3 Å². The van der Waals surface area contributed by atoms with Crippen LogP contribution in [0.3, 0.4) is 0 Å². The zero-order chi connectivity index (χ0) is 18.1. The Bertz CT molecular complexity index is 1050. The Balaban J connectivity index is 1.76. The van der Waals surface area contributed by atoms with Crippen LogP contribution in [0.2, 0.25) is 0 Å². The van der Waals surface area contributed by atoms with Crippen molar-refractivity contribution < 1.29 is 4.39 Å². The third kappa shape index (κ3) is 3.25. The molecule has 0 fully saturated rings. The van der Waals surface area contributed by atoms with Crippen LogP contribution in [0.4, 0.5) is 16.0 Å². The van der Waals surface area contributed by atoms with Crippen LogP contribution in [0.1, 0.15) is 12.6 Å². The summed E-state index contributed by atoms with van der Waals surface area (Å²) in [7, 11) is 0. The maximum Gasteiger partial charge on any atom is 0.196 e. The number of H-pyrrole nitrogens is 1. The van der Waals surface area contributed by atoms with Gasteiger partial charge in [-0.05, 0) is 49.9 Å². The second-order valence-electron chi connectivity index (χ2n) is 5.67. The molecule has 9 heteroatoms. The van der Waals surface area contributed by atoms with Crippen LogP contribution in [-0.4, -0.2) is 29.9 Å². The van der Waals surface area contributed by atoms with E-state index < -0.39 is 0 Å². The number of nitrogens with zero attached hydrogens (tertiary/aromatic N) is 5. The lowest BCUT2D eigenvalue weighted by Crippen LogP contribution is -2.02. The molecule has 0 radical (unpaired) electrons. The van der Waals surface area contributed by atoms with Crippen molar-refractivity contribution in [2.24, 2.45) is 0 Å². The van der Waals surface area contributed by atoms with Gasteiger partial charge in [0.1, 0.15) is 11.6 Å². The first-order valence-corrected chi connectivity index (χ1v) is 8.90. The fourth-order valence-corrected chi connectivity index (χ4v) is 3.27. The second-order valence-corrected chi connectivity index (χ2v) is 6.71. The number of fused-ring (bicyclic) bond motifs is 1. The highest BCUT2D eigenvalue weighted by Crippen LogP contribution is 2.30. The summed E-state index contributed by atoms with van der Waals surface area (Å²) in [4.78, 5) is 10.1. The molecule has 0 spiro atoms. The smallest absolute Gasteiger partial charge is 0.196 e. The van der Waals surface area contributed by atoms with Crippen LogP contribution in [0.25, 0.3) is 11.0 Å². The van der Waals surface area contributed by atoms with Gasteiger partial charge in [0.2, 0.25) is 0 Å². The van der Waals surface area contributed by atoms with Gasteiger partial charge in [-0.1, -0.05) is 0 Å². The molecule has 0 unspecified atom stereocenters. The minimum Gasteiger partial charge on any atom is -0.323 e. The highest BCUT2D eigenvalue weighted by molar-refractivity contribution is 7.99. The van der Waals surface area contributed by atoms with E-state index in [0.29, 0.717) is 23.3 Å². The summed E-state index contributed by atoms with van der Waals surface area (Å²) >= 11 is 1.37. The van der Waals surface area contributed by atoms with Crippen molar-refractivity contribution in [3.8, 4) is 0 Å². The van der Waals surface area contributed by atoms with Crippen molar-refractivity contribution in [3.05, 3.63) is 48.0 Å². The largest absolute Gasteiger partial charge is 0.323 e. The van der Waals surface area contributed by atoms with E-state index in [1.54, 1.807) is 18.3 Å². The number of aromatic amines is 1. The minimum atomic E-state index is -0.272. The SMILES string of the molecule is CCn1ncc2c(Nc3cc(C)[nH]n3)nc(Sc3ccc(F)cc3)nc21. The first-order chi connectivity index (χ1) is 12.6. The van der Waals surface area contributed by atoms with E-state index in [2.05, 4.69) is 30.6 Å². The van der Waals surface area contributed by atoms with Crippen molar-refractivity contribution in [1.29, 1.82) is 0 Å². The van der Waals surface area contributed by atoms with Gasteiger partial charge in [0.25, 0.3) is 0 Å². The van der Waals surface area contributed by atoms with Gasteiger partial charge in [0, 0.05) is 23.2 Å². The summed E-state index contributed by atoms with van der Waals surface area (Å²) < 4.78 is 14.9. The average molecular weight is 369 g/mol. The number of hydrogen-bond acceptors (Lipinski definition) is 6. The lowest BCUT2D eigenvalue weighted by atomic mass is 10.3. The molecule has 3 heterocycles. The molecule has 0 saturated heterocycles. The van der Waals surface area contributed by atoms with E-state index >= 15 is 0 Å². The van der Waals surface area contributed by atoms with Crippen molar-refractivity contribution >= 4 is 34.4 Å². The number of anilines is 2. The lowest BCUT2D eigenvalue weighted by Gasteiger charge is -2.07. The highest BCUT2D eigenvalue weighted by Gasteiger charge is 2.14. The zero-order valence-corrected chi connectivity index (χ0v) is 15.0. The molecule has 4 rings (SSSR count). The van der Waals surface area contributed by atoms with E-state index in [1.807, 2.05) is 24.6 Å². The maximum absolute atomic E-state index is 13.1. The first-order valence-electron chi connectivity index (χ1n) is 8.08. The average Bonchev–Trinajstić information content (AvgIpc) is 3.23. The van der Waals surface area contributed by atoms with Gasteiger partial charge < -0.3 is 5.32 Å². The number of halogens is 1. The number of aryl methyl sites for hydroxylation is 2. The fraction of sp³-hybridized carbons (Fsp3) is 0.176. The first kappa shape index (κ1) is 16.5. The summed E-state index contributed by atoms with van der Waals surface area (Å²) in [6.45, 7) is 4.63. The molecule has 0 aliphatic heterocycles. The van der Waals surface area contributed by atoms with Crippen LogP contribution in [-0.2, 0) is 6.54 Å². The Kier molecular flexibility index (Phi) is 4.29. The minimum absolute atomic E-state index is 0.272. The Morgan fingerprint density at radius 3 is 2.73 bits per heavy atom. The Morgan fingerprint density at radius 2 is 2.04 bits per heavy atom. The van der Waals surface area contributed by atoms with Gasteiger partial charge in [-0.25, -0.2) is 19.0 Å². The summed E-state index contributed by atoms with van der Waals surface area (Å²) in [5.41, 5.74) is 1.69. The van der Waals surface area contributed by atoms with Crippen LogP contribution < -0.4 is 5.32 Å². The molecule has 1 aromatic carbocycles. The second kappa shape index (κ2) is 6.75. The van der Waals surface area contributed by atoms with E-state index in [-0.39, 0.29) is 5.82 Å². The van der Waals surface area contributed by atoms with E-state index in [9.17, 15) is 4.39 Å². The molecular weight excluding hydrogens is 353 g/mol. The van der Waals surface area contributed by atoms with Crippen LogP contribution >= 0.6 is 11.8 Å². The number of nitrogens with one attached hydrogen (secondary N) is 2. The third-order valence-corrected chi connectivity index (χ3v) is 4.62. The van der Waals surface area contributed by atoms with E-state index in [4.69, 9.17) is 0 Å². The zero-order valence-electron chi connectivity index (χ0n) is 14.2. The molecule has 0 saturated carbocycles. The van der Waals surface area contributed by atoms with Crippen molar-refractivity contribution in [2.45, 2.75) is 30.4 Å². The summed E-state index contributed by atoms with van der Waals surface area (Å²) in [6.07, 6.45) is 1.74. The van der Waals surface area contributed by atoms with Crippen molar-refractivity contribution in [2.75, 3.05) is 5.32 Å². The van der Waals surface area contributed by atoms with Crippen molar-refractivity contribution in [3.63, 3.8) is 0 Å². The van der Waals surface area contributed by atoms with E-state index in [1.165, 1.54) is 23.9 Å².